The summed E-state index contributed by atoms with van der Waals surface area (Å²) in [6, 6.07) is 2.42. The molecule has 0 atom stereocenters. The number of hydrogen-bond acceptors (Lipinski definition) is 3. The molecule has 0 aliphatic heterocycles. The Morgan fingerprint density at radius 1 is 1.24 bits per heavy atom. The maximum Gasteiger partial charge on any atom is 0.254 e. The maximum atomic E-state index is 13.3. The van der Waals surface area contributed by atoms with Crippen molar-refractivity contribution >= 4 is 16.9 Å². The first kappa shape index (κ1) is 16.6. The zero-order chi connectivity index (χ0) is 17.4. The molecule has 4 rings (SSSR count). The van der Waals surface area contributed by atoms with Gasteiger partial charge in [-0.15, -0.1) is 0 Å². The number of aryl methyl sites for hydroxylation is 1. The fraction of sp³-hybridized carbons (Fsp3) is 0.650. The summed E-state index contributed by atoms with van der Waals surface area (Å²) in [5, 5.41) is 5.41. The Labute approximate surface area is 149 Å². The molecular weight excluding hydrogens is 312 g/mol. The van der Waals surface area contributed by atoms with Gasteiger partial charge in [0.1, 0.15) is 0 Å². The van der Waals surface area contributed by atoms with Crippen molar-refractivity contribution in [3.05, 3.63) is 23.5 Å². The highest BCUT2D eigenvalue weighted by atomic mass is 16.2. The lowest BCUT2D eigenvalue weighted by molar-refractivity contribution is 0.0698. The van der Waals surface area contributed by atoms with E-state index in [0.29, 0.717) is 12.0 Å². The smallest absolute Gasteiger partial charge is 0.254 e. The molecule has 0 N–H and O–H groups in total. The van der Waals surface area contributed by atoms with Crippen molar-refractivity contribution in [2.24, 2.45) is 0 Å². The van der Waals surface area contributed by atoms with Gasteiger partial charge in [-0.25, -0.2) is 9.67 Å². The summed E-state index contributed by atoms with van der Waals surface area (Å²) in [7, 11) is 1.97. The van der Waals surface area contributed by atoms with Crippen molar-refractivity contribution in [3.8, 4) is 0 Å². The van der Waals surface area contributed by atoms with E-state index < -0.39 is 0 Å². The van der Waals surface area contributed by atoms with Crippen LogP contribution in [0.3, 0.4) is 0 Å². The highest BCUT2D eigenvalue weighted by molar-refractivity contribution is 6.05. The Hall–Kier alpha value is -1.91. The molecule has 1 amide bonds. The van der Waals surface area contributed by atoms with Crippen LogP contribution in [0.4, 0.5) is 0 Å². The molecule has 0 saturated heterocycles. The molecule has 5 heteroatoms. The number of carbonyl (C=O) groups is 1. The van der Waals surface area contributed by atoms with Gasteiger partial charge >= 0.3 is 0 Å². The first-order valence-corrected chi connectivity index (χ1v) is 9.82. The van der Waals surface area contributed by atoms with Crippen LogP contribution in [0.5, 0.6) is 0 Å². The second-order valence-corrected chi connectivity index (χ2v) is 7.68. The van der Waals surface area contributed by atoms with E-state index in [0.717, 1.165) is 48.1 Å². The first-order chi connectivity index (χ1) is 12.2. The normalized spacial score (nSPS) is 18.6. The first-order valence-electron chi connectivity index (χ1n) is 9.82. The minimum absolute atomic E-state index is 0.136. The minimum Gasteiger partial charge on any atom is -0.339 e. The van der Waals surface area contributed by atoms with Crippen molar-refractivity contribution < 1.29 is 4.79 Å². The molecular formula is C20H28N4O. The van der Waals surface area contributed by atoms with Gasteiger partial charge in [0.25, 0.3) is 5.91 Å². The van der Waals surface area contributed by atoms with Crippen LogP contribution in [-0.2, 0) is 6.54 Å². The molecule has 0 aromatic carbocycles. The number of aromatic nitrogens is 3. The van der Waals surface area contributed by atoms with E-state index in [-0.39, 0.29) is 5.91 Å². The van der Waals surface area contributed by atoms with Gasteiger partial charge in [-0.05, 0) is 38.2 Å². The molecule has 2 aliphatic rings. The molecule has 2 saturated carbocycles. The van der Waals surface area contributed by atoms with E-state index in [4.69, 9.17) is 4.98 Å². The maximum absolute atomic E-state index is 13.3. The summed E-state index contributed by atoms with van der Waals surface area (Å²) in [5.41, 5.74) is 2.75. The lowest BCUT2D eigenvalue weighted by Gasteiger charge is -2.31. The standard InChI is InChI=1S/C20H28N4O/c1-3-11-24-19-17(13-21-24)16(12-18(22-19)14-9-10-14)20(25)23(2)15-7-5-4-6-8-15/h12-15H,3-11H2,1-2H3. The quantitative estimate of drug-likeness (QED) is 0.822. The van der Waals surface area contributed by atoms with E-state index >= 15 is 0 Å². The van der Waals surface area contributed by atoms with Crippen LogP contribution in [0, 0.1) is 0 Å². The molecule has 25 heavy (non-hydrogen) atoms. The monoisotopic (exact) mass is 340 g/mol. The highest BCUT2D eigenvalue weighted by Gasteiger charge is 2.30. The van der Waals surface area contributed by atoms with Crippen molar-refractivity contribution in [2.75, 3.05) is 7.05 Å². The summed E-state index contributed by atoms with van der Waals surface area (Å²) >= 11 is 0. The van der Waals surface area contributed by atoms with Crippen molar-refractivity contribution in [1.29, 1.82) is 0 Å². The van der Waals surface area contributed by atoms with Gasteiger partial charge in [0.2, 0.25) is 0 Å². The molecule has 2 aliphatic carbocycles. The van der Waals surface area contributed by atoms with Crippen LogP contribution < -0.4 is 0 Å². The molecule has 0 bridgehead atoms. The average Bonchev–Trinajstić information content (AvgIpc) is 3.43. The largest absolute Gasteiger partial charge is 0.339 e. The third-order valence-electron chi connectivity index (χ3n) is 5.73. The molecule has 2 heterocycles. The third-order valence-corrected chi connectivity index (χ3v) is 5.73. The van der Waals surface area contributed by atoms with Gasteiger partial charge in [0.05, 0.1) is 17.1 Å². The topological polar surface area (TPSA) is 51.0 Å². The van der Waals surface area contributed by atoms with E-state index in [9.17, 15) is 4.79 Å². The van der Waals surface area contributed by atoms with Crippen LogP contribution >= 0.6 is 0 Å². The van der Waals surface area contributed by atoms with Gasteiger partial charge in [-0.1, -0.05) is 26.2 Å². The Bertz CT molecular complexity index is 771. The van der Waals surface area contributed by atoms with Gasteiger partial charge in [-0.3, -0.25) is 4.79 Å². The van der Waals surface area contributed by atoms with Crippen LogP contribution in [0.1, 0.15) is 80.3 Å². The number of hydrogen-bond donors (Lipinski definition) is 0. The Balaban J connectivity index is 1.72. The predicted octanol–water partition coefficient (Wildman–Crippen LogP) is 4.12. The van der Waals surface area contributed by atoms with Crippen LogP contribution in [0.15, 0.2) is 12.3 Å². The fourth-order valence-electron chi connectivity index (χ4n) is 4.03. The molecule has 0 radical (unpaired) electrons. The number of amides is 1. The summed E-state index contributed by atoms with van der Waals surface area (Å²) in [6.45, 7) is 2.98. The van der Waals surface area contributed by atoms with Crippen molar-refractivity contribution in [2.45, 2.75) is 76.8 Å². The third kappa shape index (κ3) is 3.16. The van der Waals surface area contributed by atoms with Gasteiger partial charge in [0.15, 0.2) is 5.65 Å². The Morgan fingerprint density at radius 2 is 2.00 bits per heavy atom. The molecule has 2 aromatic heterocycles. The second-order valence-electron chi connectivity index (χ2n) is 7.68. The van der Waals surface area contributed by atoms with Crippen molar-refractivity contribution in [1.82, 2.24) is 19.7 Å². The molecule has 2 aromatic rings. The number of pyridine rings is 1. The Morgan fingerprint density at radius 3 is 2.68 bits per heavy atom. The van der Waals surface area contributed by atoms with Crippen molar-refractivity contribution in [3.63, 3.8) is 0 Å². The number of rotatable bonds is 5. The average molecular weight is 340 g/mol. The second kappa shape index (κ2) is 6.77. The van der Waals surface area contributed by atoms with E-state index in [1.54, 1.807) is 0 Å². The van der Waals surface area contributed by atoms with Gasteiger partial charge < -0.3 is 4.90 Å². The molecule has 0 unspecified atom stereocenters. The van der Waals surface area contributed by atoms with E-state index in [1.807, 2.05) is 28.9 Å². The summed E-state index contributed by atoms with van der Waals surface area (Å²) in [5.74, 6) is 0.665. The number of fused-ring (bicyclic) bond motifs is 1. The summed E-state index contributed by atoms with van der Waals surface area (Å²) in [6.07, 6.45) is 11.2. The molecule has 134 valence electrons. The zero-order valence-electron chi connectivity index (χ0n) is 15.4. The summed E-state index contributed by atoms with van der Waals surface area (Å²) in [4.78, 5) is 20.1. The lowest BCUT2D eigenvalue weighted by Crippen LogP contribution is -2.38. The lowest BCUT2D eigenvalue weighted by atomic mass is 9.94. The van der Waals surface area contributed by atoms with Crippen LogP contribution in [0.25, 0.3) is 11.0 Å². The SMILES string of the molecule is CCCn1ncc2c(C(=O)N(C)C3CCCCC3)cc(C3CC3)nc21. The van der Waals surface area contributed by atoms with Gasteiger partial charge in [-0.2, -0.15) is 5.10 Å². The fourth-order valence-corrected chi connectivity index (χ4v) is 4.03. The molecule has 0 spiro atoms. The zero-order valence-corrected chi connectivity index (χ0v) is 15.4. The predicted molar refractivity (Wildman–Crippen MR) is 98.8 cm³/mol. The van der Waals surface area contributed by atoms with Crippen LogP contribution in [0.2, 0.25) is 0 Å². The van der Waals surface area contributed by atoms with E-state index in [1.165, 1.54) is 32.1 Å². The Kier molecular flexibility index (Phi) is 4.48. The number of nitrogens with zero attached hydrogens (tertiary/aromatic N) is 4. The highest BCUT2D eigenvalue weighted by Crippen LogP contribution is 2.40. The molecule has 5 nitrogen and oxygen atoms in total. The summed E-state index contributed by atoms with van der Waals surface area (Å²) < 4.78 is 1.96. The minimum atomic E-state index is 0.136. The number of carbonyl (C=O) groups excluding carboxylic acids is 1. The van der Waals surface area contributed by atoms with Crippen LogP contribution in [-0.4, -0.2) is 38.7 Å². The van der Waals surface area contributed by atoms with Gasteiger partial charge in [0, 0.05) is 31.2 Å². The van der Waals surface area contributed by atoms with E-state index in [2.05, 4.69) is 12.0 Å². The molecule has 2 fully saturated rings.